The molecule has 1 aromatic rings. The molecule has 1 aromatic carbocycles. The fourth-order valence-corrected chi connectivity index (χ4v) is 3.29. The standard InChI is InChI=1S/C15H18ClF3N2O/c16-12-9-11(3-4-13(12)22-15(17,18)19)14(10-1-2-10)21-7-5-20-6-8-21/h3-4,9-10,14,20H,1-2,5-8H2/t14-/m1/s1. The van der Waals surface area contributed by atoms with Gasteiger partial charge in [-0.3, -0.25) is 4.90 Å². The number of nitrogens with one attached hydrogen (secondary N) is 1. The summed E-state index contributed by atoms with van der Waals surface area (Å²) in [6.07, 6.45) is -2.40. The predicted octanol–water partition coefficient (Wildman–Crippen LogP) is 3.59. The zero-order valence-electron chi connectivity index (χ0n) is 12.0. The second-order valence-corrected chi connectivity index (χ2v) is 6.21. The van der Waals surface area contributed by atoms with Gasteiger partial charge in [0.15, 0.2) is 0 Å². The molecule has 7 heteroatoms. The first-order valence-corrected chi connectivity index (χ1v) is 7.82. The first-order chi connectivity index (χ1) is 10.4. The van der Waals surface area contributed by atoms with Crippen molar-refractivity contribution in [3.8, 4) is 5.75 Å². The summed E-state index contributed by atoms with van der Waals surface area (Å²) in [4.78, 5) is 2.39. The number of hydrogen-bond donors (Lipinski definition) is 1. The molecule has 0 bridgehead atoms. The predicted molar refractivity (Wildman–Crippen MR) is 78.0 cm³/mol. The first-order valence-electron chi connectivity index (χ1n) is 7.44. The van der Waals surface area contributed by atoms with Gasteiger partial charge < -0.3 is 10.1 Å². The van der Waals surface area contributed by atoms with Crippen LogP contribution in [0.2, 0.25) is 5.02 Å². The molecule has 0 radical (unpaired) electrons. The molecule has 1 saturated heterocycles. The molecular formula is C15H18ClF3N2O. The third-order valence-corrected chi connectivity index (χ3v) is 4.43. The molecule has 1 heterocycles. The van der Waals surface area contributed by atoms with Crippen molar-refractivity contribution < 1.29 is 17.9 Å². The summed E-state index contributed by atoms with van der Waals surface area (Å²) in [7, 11) is 0. The van der Waals surface area contributed by atoms with E-state index in [0.717, 1.165) is 44.6 Å². The number of halogens is 4. The number of alkyl halides is 3. The summed E-state index contributed by atoms with van der Waals surface area (Å²) in [6.45, 7) is 3.76. The molecule has 1 aliphatic heterocycles. The Hall–Kier alpha value is -0.980. The van der Waals surface area contributed by atoms with Gasteiger partial charge in [0.2, 0.25) is 0 Å². The summed E-state index contributed by atoms with van der Waals surface area (Å²) in [5.41, 5.74) is 0.976. The molecule has 0 spiro atoms. The highest BCUT2D eigenvalue weighted by atomic mass is 35.5. The van der Waals surface area contributed by atoms with Gasteiger partial charge in [0.05, 0.1) is 5.02 Å². The van der Waals surface area contributed by atoms with E-state index in [2.05, 4.69) is 15.0 Å². The second kappa shape index (κ2) is 6.26. The highest BCUT2D eigenvalue weighted by molar-refractivity contribution is 6.32. The SMILES string of the molecule is FC(F)(F)Oc1ccc([C@@H](C2CC2)N2CCNCC2)cc1Cl. The highest BCUT2D eigenvalue weighted by Crippen LogP contribution is 2.46. The first kappa shape index (κ1) is 15.9. The highest BCUT2D eigenvalue weighted by Gasteiger charge is 2.37. The van der Waals surface area contributed by atoms with Gasteiger partial charge in [-0.1, -0.05) is 17.7 Å². The molecule has 0 amide bonds. The Morgan fingerprint density at radius 2 is 1.91 bits per heavy atom. The minimum atomic E-state index is -4.72. The van der Waals surface area contributed by atoms with Crippen LogP contribution in [-0.4, -0.2) is 37.4 Å². The molecule has 0 aromatic heterocycles. The molecule has 122 valence electrons. The van der Waals surface area contributed by atoms with Gasteiger partial charge in [0.1, 0.15) is 5.75 Å². The van der Waals surface area contributed by atoms with E-state index < -0.39 is 6.36 Å². The van der Waals surface area contributed by atoms with Crippen LogP contribution < -0.4 is 10.1 Å². The minimum absolute atomic E-state index is 0.00982. The Morgan fingerprint density at radius 3 is 2.45 bits per heavy atom. The van der Waals surface area contributed by atoms with Gasteiger partial charge in [-0.2, -0.15) is 0 Å². The van der Waals surface area contributed by atoms with Crippen molar-refractivity contribution in [2.45, 2.75) is 25.2 Å². The third-order valence-electron chi connectivity index (χ3n) is 4.14. The molecule has 1 saturated carbocycles. The van der Waals surface area contributed by atoms with Crippen LogP contribution in [0.3, 0.4) is 0 Å². The summed E-state index contributed by atoms with van der Waals surface area (Å²) < 4.78 is 40.9. The second-order valence-electron chi connectivity index (χ2n) is 5.81. The van der Waals surface area contributed by atoms with Crippen LogP contribution in [0.15, 0.2) is 18.2 Å². The van der Waals surface area contributed by atoms with Crippen LogP contribution in [-0.2, 0) is 0 Å². The van der Waals surface area contributed by atoms with Crippen LogP contribution >= 0.6 is 11.6 Å². The molecule has 22 heavy (non-hydrogen) atoms. The van der Waals surface area contributed by atoms with E-state index in [9.17, 15) is 13.2 Å². The van der Waals surface area contributed by atoms with Crippen LogP contribution in [0, 0.1) is 5.92 Å². The van der Waals surface area contributed by atoms with E-state index in [0.29, 0.717) is 5.92 Å². The molecule has 3 nitrogen and oxygen atoms in total. The number of piperazine rings is 1. The van der Waals surface area contributed by atoms with Crippen molar-refractivity contribution >= 4 is 11.6 Å². The largest absolute Gasteiger partial charge is 0.573 e. The number of nitrogens with zero attached hydrogens (tertiary/aromatic N) is 1. The molecule has 1 atom stereocenters. The normalized spacial score (nSPS) is 21.6. The third kappa shape index (κ3) is 3.86. The van der Waals surface area contributed by atoms with Crippen molar-refractivity contribution in [2.75, 3.05) is 26.2 Å². The van der Waals surface area contributed by atoms with E-state index in [1.807, 2.05) is 0 Å². The van der Waals surface area contributed by atoms with Crippen molar-refractivity contribution in [2.24, 2.45) is 5.92 Å². The molecular weight excluding hydrogens is 317 g/mol. The average molecular weight is 335 g/mol. The number of ether oxygens (including phenoxy) is 1. The smallest absolute Gasteiger partial charge is 0.404 e. The van der Waals surface area contributed by atoms with E-state index >= 15 is 0 Å². The Kier molecular flexibility index (Phi) is 4.52. The Balaban J connectivity index is 1.81. The van der Waals surface area contributed by atoms with Crippen LogP contribution in [0.5, 0.6) is 5.75 Å². The number of hydrogen-bond acceptors (Lipinski definition) is 3. The monoisotopic (exact) mass is 334 g/mol. The van der Waals surface area contributed by atoms with E-state index in [-0.39, 0.29) is 16.8 Å². The topological polar surface area (TPSA) is 24.5 Å². The molecule has 3 rings (SSSR count). The lowest BCUT2D eigenvalue weighted by Gasteiger charge is -2.35. The van der Waals surface area contributed by atoms with Crippen molar-refractivity contribution in [3.63, 3.8) is 0 Å². The fraction of sp³-hybridized carbons (Fsp3) is 0.600. The zero-order valence-corrected chi connectivity index (χ0v) is 12.8. The van der Waals surface area contributed by atoms with Crippen molar-refractivity contribution in [1.29, 1.82) is 0 Å². The Morgan fingerprint density at radius 1 is 1.23 bits per heavy atom. The lowest BCUT2D eigenvalue weighted by molar-refractivity contribution is -0.274. The van der Waals surface area contributed by atoms with E-state index in [4.69, 9.17) is 11.6 Å². The molecule has 1 aliphatic carbocycles. The van der Waals surface area contributed by atoms with Gasteiger partial charge >= 0.3 is 6.36 Å². The Bertz CT molecular complexity index is 528. The van der Waals surface area contributed by atoms with Crippen LogP contribution in [0.25, 0.3) is 0 Å². The maximum absolute atomic E-state index is 12.3. The Labute approximate surface area is 132 Å². The lowest BCUT2D eigenvalue weighted by Crippen LogP contribution is -2.45. The average Bonchev–Trinajstić information content (AvgIpc) is 3.27. The summed E-state index contributed by atoms with van der Waals surface area (Å²) in [5.74, 6) is 0.233. The molecule has 2 aliphatic rings. The lowest BCUT2D eigenvalue weighted by atomic mass is 9.99. The maximum Gasteiger partial charge on any atom is 0.573 e. The zero-order chi connectivity index (χ0) is 15.7. The maximum atomic E-state index is 12.3. The van der Waals surface area contributed by atoms with Gasteiger partial charge in [0, 0.05) is 32.2 Å². The van der Waals surface area contributed by atoms with Crippen LogP contribution in [0.1, 0.15) is 24.4 Å². The summed E-state index contributed by atoms with van der Waals surface area (Å²) >= 11 is 5.99. The minimum Gasteiger partial charge on any atom is -0.404 e. The molecule has 0 unspecified atom stereocenters. The van der Waals surface area contributed by atoms with Gasteiger partial charge in [-0.25, -0.2) is 0 Å². The summed E-state index contributed by atoms with van der Waals surface area (Å²) in [5, 5.41) is 3.32. The number of rotatable bonds is 4. The summed E-state index contributed by atoms with van der Waals surface area (Å²) in [6, 6.07) is 4.88. The molecule has 2 fully saturated rings. The fourth-order valence-electron chi connectivity index (χ4n) is 3.06. The molecule has 1 N–H and O–H groups in total. The van der Waals surface area contributed by atoms with E-state index in [1.165, 1.54) is 6.07 Å². The van der Waals surface area contributed by atoms with Gasteiger partial charge in [-0.05, 0) is 36.5 Å². The van der Waals surface area contributed by atoms with Gasteiger partial charge in [0.25, 0.3) is 0 Å². The quantitative estimate of drug-likeness (QED) is 0.910. The van der Waals surface area contributed by atoms with E-state index in [1.54, 1.807) is 12.1 Å². The van der Waals surface area contributed by atoms with Crippen molar-refractivity contribution in [3.05, 3.63) is 28.8 Å². The number of benzene rings is 1. The van der Waals surface area contributed by atoms with Gasteiger partial charge in [-0.15, -0.1) is 13.2 Å². The van der Waals surface area contributed by atoms with Crippen molar-refractivity contribution in [1.82, 2.24) is 10.2 Å². The van der Waals surface area contributed by atoms with Crippen LogP contribution in [0.4, 0.5) is 13.2 Å².